The lowest BCUT2D eigenvalue weighted by Crippen LogP contribution is -2.29. The minimum atomic E-state index is -1.22. The molecule has 2 rings (SSSR count). The van der Waals surface area contributed by atoms with Gasteiger partial charge in [-0.3, -0.25) is 0 Å². The van der Waals surface area contributed by atoms with Gasteiger partial charge in [0, 0.05) is 16.7 Å². The van der Waals surface area contributed by atoms with E-state index in [0.29, 0.717) is 6.61 Å². The van der Waals surface area contributed by atoms with Crippen LogP contribution in [0.15, 0.2) is 65.1 Å². The Hall–Kier alpha value is -2.27. The van der Waals surface area contributed by atoms with Crippen LogP contribution in [0.5, 0.6) is 11.5 Å². The van der Waals surface area contributed by atoms with E-state index in [-0.39, 0.29) is 5.60 Å². The fraction of sp³-hybridized carbons (Fsp3) is 0.391. The van der Waals surface area contributed by atoms with Crippen molar-refractivity contribution in [2.24, 2.45) is 0 Å². The van der Waals surface area contributed by atoms with Crippen molar-refractivity contribution in [1.82, 2.24) is 0 Å². The van der Waals surface area contributed by atoms with E-state index >= 15 is 0 Å². The van der Waals surface area contributed by atoms with E-state index in [0.717, 1.165) is 41.2 Å². The van der Waals surface area contributed by atoms with Crippen molar-refractivity contribution < 1.29 is 18.4 Å². The molecule has 0 aliphatic carbocycles. The highest BCUT2D eigenvalue weighted by Crippen LogP contribution is 2.24. The topological polar surface area (TPSA) is 44.8 Å². The van der Waals surface area contributed by atoms with Gasteiger partial charge < -0.3 is 14.2 Å². The van der Waals surface area contributed by atoms with Crippen LogP contribution in [0.25, 0.3) is 0 Å². The van der Waals surface area contributed by atoms with Gasteiger partial charge in [0.05, 0.1) is 30.8 Å². The summed E-state index contributed by atoms with van der Waals surface area (Å²) in [4.78, 5) is 0.769. The van der Waals surface area contributed by atoms with E-state index in [9.17, 15) is 4.21 Å². The van der Waals surface area contributed by atoms with Gasteiger partial charge in [-0.1, -0.05) is 31.0 Å². The third kappa shape index (κ3) is 7.04. The lowest BCUT2D eigenvalue weighted by Gasteiger charge is -2.28. The van der Waals surface area contributed by atoms with Crippen LogP contribution >= 0.6 is 0 Å². The maximum Gasteiger partial charge on any atom is 0.119 e. The molecule has 0 fully saturated rings. The Bertz CT molecular complexity index is 768. The van der Waals surface area contributed by atoms with Crippen molar-refractivity contribution in [2.45, 2.75) is 50.5 Å². The number of methoxy groups -OCH3 is 1. The Morgan fingerprint density at radius 1 is 1.00 bits per heavy atom. The molecular formula is C23H30O4S. The number of ether oxygens (including phenoxy) is 3. The van der Waals surface area contributed by atoms with Crippen molar-refractivity contribution in [3.05, 3.63) is 65.8 Å². The summed E-state index contributed by atoms with van der Waals surface area (Å²) >= 11 is 0. The molecule has 2 aromatic carbocycles. The van der Waals surface area contributed by atoms with Crippen molar-refractivity contribution in [2.75, 3.05) is 13.7 Å². The highest BCUT2D eigenvalue weighted by atomic mass is 32.2. The fourth-order valence-electron chi connectivity index (χ4n) is 2.82. The molecule has 0 N–H and O–H groups in total. The first-order chi connectivity index (χ1) is 13.5. The predicted octanol–water partition coefficient (Wildman–Crippen LogP) is 5.63. The van der Waals surface area contributed by atoms with Gasteiger partial charge in [-0.15, -0.1) is 0 Å². The number of aryl methyl sites for hydroxylation is 1. The second kappa shape index (κ2) is 10.9. The first kappa shape index (κ1) is 22.0. The van der Waals surface area contributed by atoms with Crippen molar-refractivity contribution in [1.29, 1.82) is 0 Å². The highest BCUT2D eigenvalue weighted by Gasteiger charge is 2.24. The SMILES string of the molecule is CCC[C@](C)(CCOc1ccc(OC)cc1)O/C=C\[S@](=O)c1ccc(C)cc1. The third-order valence-electron chi connectivity index (χ3n) is 4.52. The maximum absolute atomic E-state index is 12.4. The number of hydrogen-bond acceptors (Lipinski definition) is 4. The molecule has 0 radical (unpaired) electrons. The van der Waals surface area contributed by atoms with Gasteiger partial charge in [-0.05, 0) is 56.7 Å². The lowest BCUT2D eigenvalue weighted by atomic mass is 9.97. The molecule has 0 aliphatic heterocycles. The highest BCUT2D eigenvalue weighted by molar-refractivity contribution is 7.88. The monoisotopic (exact) mass is 402 g/mol. The summed E-state index contributed by atoms with van der Waals surface area (Å²) in [5.41, 5.74) is 0.781. The van der Waals surface area contributed by atoms with Crippen molar-refractivity contribution >= 4 is 10.8 Å². The van der Waals surface area contributed by atoms with Gasteiger partial charge in [0.1, 0.15) is 17.1 Å². The van der Waals surface area contributed by atoms with Gasteiger partial charge in [-0.2, -0.15) is 0 Å². The molecular weight excluding hydrogens is 372 g/mol. The zero-order valence-electron chi connectivity index (χ0n) is 17.1. The molecule has 0 bridgehead atoms. The summed E-state index contributed by atoms with van der Waals surface area (Å²) in [5, 5.41) is 1.60. The number of hydrogen-bond donors (Lipinski definition) is 0. The molecule has 0 spiro atoms. The molecule has 5 heteroatoms. The first-order valence-corrected chi connectivity index (χ1v) is 10.8. The van der Waals surface area contributed by atoms with Crippen molar-refractivity contribution in [3.63, 3.8) is 0 Å². The minimum absolute atomic E-state index is 0.366. The summed E-state index contributed by atoms with van der Waals surface area (Å²) < 4.78 is 29.3. The molecule has 2 atom stereocenters. The Balaban J connectivity index is 1.88. The first-order valence-electron chi connectivity index (χ1n) is 9.54. The Morgan fingerprint density at radius 3 is 2.25 bits per heavy atom. The van der Waals surface area contributed by atoms with Crippen LogP contribution in [0.3, 0.4) is 0 Å². The van der Waals surface area contributed by atoms with Gasteiger partial charge in [-0.25, -0.2) is 4.21 Å². The number of benzene rings is 2. The van der Waals surface area contributed by atoms with Gasteiger partial charge in [0.15, 0.2) is 0 Å². The summed E-state index contributed by atoms with van der Waals surface area (Å²) in [6, 6.07) is 15.2. The molecule has 0 unspecified atom stereocenters. The molecule has 2 aromatic rings. The lowest BCUT2D eigenvalue weighted by molar-refractivity contribution is 0.0118. The standard InChI is InChI=1S/C23H30O4S/c1-5-14-23(3,15-16-26-21-10-8-20(25-4)9-11-21)27-17-18-28(24)22-12-6-19(2)7-13-22/h6-13,17-18H,5,14-16H2,1-4H3/b18-17-/t23-,28+/m1/s1. The average molecular weight is 403 g/mol. The molecule has 0 amide bonds. The van der Waals surface area contributed by atoms with Gasteiger partial charge in [0.25, 0.3) is 0 Å². The average Bonchev–Trinajstić information content (AvgIpc) is 2.69. The van der Waals surface area contributed by atoms with Gasteiger partial charge in [0.2, 0.25) is 0 Å². The molecule has 28 heavy (non-hydrogen) atoms. The van der Waals surface area contributed by atoms with Crippen LogP contribution in [0.1, 0.15) is 38.7 Å². The zero-order chi connectivity index (χ0) is 20.4. The van der Waals surface area contributed by atoms with E-state index in [1.165, 1.54) is 0 Å². The van der Waals surface area contributed by atoms with E-state index in [2.05, 4.69) is 13.8 Å². The Morgan fingerprint density at radius 2 is 1.64 bits per heavy atom. The summed E-state index contributed by atoms with van der Waals surface area (Å²) in [6.45, 7) is 6.74. The van der Waals surface area contributed by atoms with E-state index < -0.39 is 10.8 Å². The van der Waals surface area contributed by atoms with Gasteiger partial charge >= 0.3 is 0 Å². The molecule has 4 nitrogen and oxygen atoms in total. The Kier molecular flexibility index (Phi) is 8.58. The van der Waals surface area contributed by atoms with Crippen LogP contribution in [0, 0.1) is 6.92 Å². The maximum atomic E-state index is 12.4. The van der Waals surface area contributed by atoms with E-state index in [1.807, 2.05) is 55.5 Å². The molecule has 152 valence electrons. The summed E-state index contributed by atoms with van der Waals surface area (Å²) in [6.07, 6.45) is 4.18. The van der Waals surface area contributed by atoms with Crippen LogP contribution in [-0.2, 0) is 15.5 Å². The van der Waals surface area contributed by atoms with Crippen LogP contribution in [0.2, 0.25) is 0 Å². The molecule has 0 saturated carbocycles. The molecule has 0 aliphatic rings. The van der Waals surface area contributed by atoms with Crippen LogP contribution in [-0.4, -0.2) is 23.5 Å². The van der Waals surface area contributed by atoms with E-state index in [4.69, 9.17) is 14.2 Å². The van der Waals surface area contributed by atoms with Crippen LogP contribution < -0.4 is 9.47 Å². The quantitative estimate of drug-likeness (QED) is 0.457. The second-order valence-electron chi connectivity index (χ2n) is 6.97. The predicted molar refractivity (Wildman–Crippen MR) is 114 cm³/mol. The molecule has 0 saturated heterocycles. The zero-order valence-corrected chi connectivity index (χ0v) is 18.0. The smallest absolute Gasteiger partial charge is 0.119 e. The fourth-order valence-corrected chi connectivity index (χ4v) is 3.54. The Labute approximate surface area is 171 Å². The minimum Gasteiger partial charge on any atom is -0.497 e. The number of rotatable bonds is 11. The largest absolute Gasteiger partial charge is 0.497 e. The van der Waals surface area contributed by atoms with E-state index in [1.54, 1.807) is 18.8 Å². The van der Waals surface area contributed by atoms with Crippen LogP contribution in [0.4, 0.5) is 0 Å². The van der Waals surface area contributed by atoms with Crippen molar-refractivity contribution in [3.8, 4) is 11.5 Å². The third-order valence-corrected chi connectivity index (χ3v) is 5.62. The molecule has 0 aromatic heterocycles. The molecule has 0 heterocycles. The summed E-state index contributed by atoms with van der Waals surface area (Å²) in [7, 11) is 0.424. The summed E-state index contributed by atoms with van der Waals surface area (Å²) in [5.74, 6) is 1.61. The normalized spacial score (nSPS) is 14.4. The second-order valence-corrected chi connectivity index (χ2v) is 8.31.